The number of carbonyl (C=O) groups is 1. The Balaban J connectivity index is 2.01. The van der Waals surface area contributed by atoms with Crippen LogP contribution in [0.15, 0.2) is 46.7 Å². The van der Waals surface area contributed by atoms with E-state index < -0.39 is 26.1 Å². The molecule has 2 unspecified atom stereocenters. The molecule has 6 nitrogen and oxygen atoms in total. The van der Waals surface area contributed by atoms with E-state index in [9.17, 15) is 17.4 Å². The van der Waals surface area contributed by atoms with E-state index in [0.717, 1.165) is 9.18 Å². The average molecular weight is 415 g/mol. The van der Waals surface area contributed by atoms with Gasteiger partial charge in [-0.25, -0.2) is 12.7 Å². The minimum absolute atomic E-state index is 0.115. The molecule has 0 bridgehead atoms. The highest BCUT2D eigenvalue weighted by atomic mass is 32.2. The molecule has 0 radical (unpaired) electrons. The number of amides is 1. The smallest absolute Gasteiger partial charge is 0.242 e. The molecule has 0 saturated carbocycles. The summed E-state index contributed by atoms with van der Waals surface area (Å²) in [4.78, 5) is 13.4. The van der Waals surface area contributed by atoms with Crippen LogP contribution in [0.1, 0.15) is 17.4 Å². The van der Waals surface area contributed by atoms with Crippen molar-refractivity contribution in [2.75, 3.05) is 14.1 Å². The number of rotatable bonds is 8. The van der Waals surface area contributed by atoms with Gasteiger partial charge in [0.1, 0.15) is 5.25 Å². The lowest BCUT2D eigenvalue weighted by Gasteiger charge is -2.14. The summed E-state index contributed by atoms with van der Waals surface area (Å²) in [5.41, 5.74) is 0.615. The number of thiophene rings is 1. The van der Waals surface area contributed by atoms with E-state index in [4.69, 9.17) is 0 Å². The van der Waals surface area contributed by atoms with E-state index in [2.05, 4.69) is 5.32 Å². The normalized spacial score (nSPS) is 14.2. The largest absolute Gasteiger partial charge is 0.350 e. The summed E-state index contributed by atoms with van der Waals surface area (Å²) in [6, 6.07) is 10.2. The maximum absolute atomic E-state index is 12.5. The zero-order valence-corrected chi connectivity index (χ0v) is 17.3. The molecule has 9 heteroatoms. The molecule has 26 heavy (non-hydrogen) atoms. The zero-order valence-electron chi connectivity index (χ0n) is 14.8. The van der Waals surface area contributed by atoms with Gasteiger partial charge in [0.25, 0.3) is 0 Å². The van der Waals surface area contributed by atoms with Crippen molar-refractivity contribution in [2.24, 2.45) is 0 Å². The number of benzene rings is 1. The fourth-order valence-corrected chi connectivity index (χ4v) is 4.84. The predicted molar refractivity (Wildman–Crippen MR) is 105 cm³/mol. The Kier molecular flexibility index (Phi) is 7.10. The molecule has 2 atom stereocenters. The van der Waals surface area contributed by atoms with E-state index >= 15 is 0 Å². The third kappa shape index (κ3) is 5.23. The van der Waals surface area contributed by atoms with E-state index in [1.165, 1.54) is 26.2 Å². The molecule has 0 saturated heterocycles. The maximum atomic E-state index is 12.5. The van der Waals surface area contributed by atoms with Gasteiger partial charge in [0.05, 0.1) is 11.4 Å². The number of nitrogens with one attached hydrogen (secondary N) is 1. The molecule has 142 valence electrons. The van der Waals surface area contributed by atoms with Crippen LogP contribution in [0.25, 0.3) is 0 Å². The highest BCUT2D eigenvalue weighted by Gasteiger charge is 2.22. The van der Waals surface area contributed by atoms with Crippen molar-refractivity contribution in [3.63, 3.8) is 0 Å². The first-order valence-electron chi connectivity index (χ1n) is 7.90. The molecule has 2 aromatic rings. The number of hydrogen-bond acceptors (Lipinski definition) is 5. The van der Waals surface area contributed by atoms with Gasteiger partial charge in [0, 0.05) is 35.5 Å². The molecule has 0 fully saturated rings. The Morgan fingerprint density at radius 1 is 1.27 bits per heavy atom. The summed E-state index contributed by atoms with van der Waals surface area (Å²) in [6.07, 6.45) is 0. The Morgan fingerprint density at radius 2 is 2.00 bits per heavy atom. The van der Waals surface area contributed by atoms with Crippen LogP contribution in [0.2, 0.25) is 0 Å². The minimum atomic E-state index is -3.55. The lowest BCUT2D eigenvalue weighted by Crippen LogP contribution is -2.35. The maximum Gasteiger partial charge on any atom is 0.242 e. The molecule has 0 aliphatic heterocycles. The molecule has 2 rings (SSSR count). The van der Waals surface area contributed by atoms with E-state index in [1.807, 2.05) is 17.5 Å². The predicted octanol–water partition coefficient (Wildman–Crippen LogP) is 1.95. The van der Waals surface area contributed by atoms with Gasteiger partial charge in [0.15, 0.2) is 0 Å². The van der Waals surface area contributed by atoms with Crippen LogP contribution >= 0.6 is 11.3 Å². The first kappa shape index (κ1) is 20.8. The molecule has 1 amide bonds. The first-order valence-corrected chi connectivity index (χ1v) is 11.6. The summed E-state index contributed by atoms with van der Waals surface area (Å²) in [7, 11) is -2.09. The van der Waals surface area contributed by atoms with E-state index in [-0.39, 0.29) is 16.6 Å². The van der Waals surface area contributed by atoms with E-state index in [0.29, 0.717) is 12.1 Å². The summed E-state index contributed by atoms with van der Waals surface area (Å²) in [5, 5.41) is 4.02. The Hall–Kier alpha value is -1.55. The van der Waals surface area contributed by atoms with Gasteiger partial charge in [0.2, 0.25) is 15.9 Å². The summed E-state index contributed by atoms with van der Waals surface area (Å²) < 4.78 is 38.0. The fraction of sp³-hybridized carbons (Fsp3) is 0.353. The Morgan fingerprint density at radius 3 is 2.62 bits per heavy atom. The van der Waals surface area contributed by atoms with Crippen LogP contribution in [0.5, 0.6) is 0 Å². The van der Waals surface area contributed by atoms with Crippen LogP contribution in [-0.4, -0.2) is 42.2 Å². The number of carbonyl (C=O) groups excluding carboxylic acids is 1. The SMILES string of the molecule is CC(C(=O)NCc1cccs1)S(=O)Cc1cccc(S(=O)(=O)N(C)C)c1. The van der Waals surface area contributed by atoms with Crippen LogP contribution in [-0.2, 0) is 37.9 Å². The third-order valence-electron chi connectivity index (χ3n) is 3.77. The van der Waals surface area contributed by atoms with Gasteiger partial charge in [-0.1, -0.05) is 18.2 Å². The molecule has 0 aliphatic carbocycles. The zero-order chi connectivity index (χ0) is 19.3. The van der Waals surface area contributed by atoms with Crippen molar-refractivity contribution < 1.29 is 17.4 Å². The van der Waals surface area contributed by atoms with Gasteiger partial charge in [-0.05, 0) is 36.1 Å². The lowest BCUT2D eigenvalue weighted by atomic mass is 10.2. The molecule has 1 aromatic carbocycles. The van der Waals surface area contributed by atoms with Crippen molar-refractivity contribution in [1.82, 2.24) is 9.62 Å². The molecular formula is C17H22N2O4S3. The lowest BCUT2D eigenvalue weighted by molar-refractivity contribution is -0.120. The van der Waals surface area contributed by atoms with Crippen molar-refractivity contribution in [3.05, 3.63) is 52.2 Å². The summed E-state index contributed by atoms with van der Waals surface area (Å²) in [6.45, 7) is 2.02. The summed E-state index contributed by atoms with van der Waals surface area (Å²) in [5.74, 6) is -0.168. The fourth-order valence-electron chi connectivity index (χ4n) is 2.15. The highest BCUT2D eigenvalue weighted by Crippen LogP contribution is 2.17. The standard InChI is InChI=1S/C17H22N2O4S3/c1-13(17(20)18-11-15-7-5-9-24-15)25(21)12-14-6-4-8-16(10-14)26(22,23)19(2)3/h4-10,13H,11-12H2,1-3H3,(H,18,20). The van der Waals surface area contributed by atoms with Crippen LogP contribution in [0, 0.1) is 0 Å². The molecule has 0 spiro atoms. The Labute approximate surface area is 160 Å². The minimum Gasteiger partial charge on any atom is -0.350 e. The van der Waals surface area contributed by atoms with Crippen LogP contribution in [0.4, 0.5) is 0 Å². The van der Waals surface area contributed by atoms with Gasteiger partial charge in [-0.2, -0.15) is 0 Å². The second kappa shape index (κ2) is 8.90. The number of sulfonamides is 1. The molecule has 1 aromatic heterocycles. The Bertz CT molecular complexity index is 877. The van der Waals surface area contributed by atoms with Gasteiger partial charge in [-0.3, -0.25) is 9.00 Å². The highest BCUT2D eigenvalue weighted by molar-refractivity contribution is 7.89. The van der Waals surface area contributed by atoms with Gasteiger partial charge in [-0.15, -0.1) is 11.3 Å². The second-order valence-electron chi connectivity index (χ2n) is 5.90. The van der Waals surface area contributed by atoms with Crippen molar-refractivity contribution in [1.29, 1.82) is 0 Å². The summed E-state index contributed by atoms with van der Waals surface area (Å²) >= 11 is 1.54. The van der Waals surface area contributed by atoms with Gasteiger partial charge < -0.3 is 5.32 Å². The van der Waals surface area contributed by atoms with Crippen molar-refractivity contribution in [2.45, 2.75) is 29.4 Å². The first-order chi connectivity index (χ1) is 12.2. The quantitative estimate of drug-likeness (QED) is 0.716. The van der Waals surface area contributed by atoms with E-state index in [1.54, 1.807) is 30.4 Å². The van der Waals surface area contributed by atoms with Crippen molar-refractivity contribution >= 4 is 38.1 Å². The monoisotopic (exact) mass is 414 g/mol. The van der Waals surface area contributed by atoms with Crippen LogP contribution in [0.3, 0.4) is 0 Å². The topological polar surface area (TPSA) is 83.5 Å². The average Bonchev–Trinajstić information content (AvgIpc) is 3.12. The molecule has 1 heterocycles. The molecule has 1 N–H and O–H groups in total. The number of nitrogens with zero attached hydrogens (tertiary/aromatic N) is 1. The van der Waals surface area contributed by atoms with Crippen LogP contribution < -0.4 is 5.32 Å². The molecular weight excluding hydrogens is 392 g/mol. The second-order valence-corrected chi connectivity index (χ2v) is 10.8. The van der Waals surface area contributed by atoms with Gasteiger partial charge >= 0.3 is 0 Å². The number of hydrogen-bond donors (Lipinski definition) is 1. The van der Waals surface area contributed by atoms with Crippen molar-refractivity contribution in [3.8, 4) is 0 Å². The molecule has 0 aliphatic rings. The third-order valence-corrected chi connectivity index (χ3v) is 8.07.